The van der Waals surface area contributed by atoms with E-state index in [4.69, 9.17) is 10.1 Å². The molecule has 4 aromatic rings. The standard InChI is InChI=1S/C20H14N.C5H6N2O2.Ir/c1-14-13-20(21-19-12-5-4-9-16(14)19)18-11-6-8-15-7-2-3-10-17(15)18;1-7-3-2-4(6-7)5(8)9;/h2-10,12-13H,1H3;2-3H,1H3,(H,8,9);/q+1;;. The van der Waals surface area contributed by atoms with Crippen molar-refractivity contribution in [1.29, 1.82) is 0 Å². The molecule has 0 amide bonds. The Hall–Kier alpha value is -3.43. The van der Waals surface area contributed by atoms with E-state index < -0.39 is 5.97 Å². The third-order valence-electron chi connectivity index (χ3n) is 4.83. The summed E-state index contributed by atoms with van der Waals surface area (Å²) in [6.45, 7) is 2.14. The van der Waals surface area contributed by atoms with Crippen molar-refractivity contribution in [3.63, 3.8) is 0 Å². The Morgan fingerprint density at radius 3 is 2.52 bits per heavy atom. The molecule has 2 aromatic carbocycles. The number of carbonyl (C=O) groups is 1. The number of pyridine rings is 1. The molecule has 1 N–H and O–H groups in total. The van der Waals surface area contributed by atoms with Crippen molar-refractivity contribution in [1.82, 2.24) is 14.8 Å². The van der Waals surface area contributed by atoms with Gasteiger partial charge in [0.1, 0.15) is 0 Å². The molecule has 5 nitrogen and oxygen atoms in total. The Morgan fingerprint density at radius 1 is 1.06 bits per heavy atom. The van der Waals surface area contributed by atoms with Crippen LogP contribution in [0, 0.1) is 13.0 Å². The Balaban J connectivity index is 0.000000232. The fourth-order valence-corrected chi connectivity index (χ4v) is 3.38. The number of allylic oxidation sites excluding steroid dienone is 2. The summed E-state index contributed by atoms with van der Waals surface area (Å²) in [5.74, 6) is -0.990. The summed E-state index contributed by atoms with van der Waals surface area (Å²) in [5, 5.41) is 13.2. The molecule has 0 saturated heterocycles. The van der Waals surface area contributed by atoms with Crippen molar-refractivity contribution in [2.24, 2.45) is 7.05 Å². The Morgan fingerprint density at radius 2 is 1.81 bits per heavy atom. The van der Waals surface area contributed by atoms with E-state index in [2.05, 4.69) is 72.7 Å². The summed E-state index contributed by atoms with van der Waals surface area (Å²) >= 11 is 0. The van der Waals surface area contributed by atoms with Gasteiger partial charge in [0.05, 0.1) is 22.7 Å². The van der Waals surface area contributed by atoms with Gasteiger partial charge in [0.25, 0.3) is 0 Å². The number of fused-ring (bicyclic) bond motifs is 2. The maximum atomic E-state index is 10.1. The number of rotatable bonds is 2. The molecule has 0 spiro atoms. The molecule has 0 saturated carbocycles. The van der Waals surface area contributed by atoms with E-state index in [1.807, 2.05) is 12.1 Å². The predicted octanol–water partition coefficient (Wildman–Crippen LogP) is 4.92. The minimum atomic E-state index is -0.990. The molecule has 0 fully saturated rings. The van der Waals surface area contributed by atoms with Crippen molar-refractivity contribution in [3.8, 4) is 0 Å². The third-order valence-corrected chi connectivity index (χ3v) is 4.83. The fourth-order valence-electron chi connectivity index (χ4n) is 3.38. The van der Waals surface area contributed by atoms with E-state index in [1.54, 1.807) is 13.2 Å². The topological polar surface area (TPSA) is 68.0 Å². The second kappa shape index (κ2) is 9.59. The maximum Gasteiger partial charge on any atom is 0.356 e. The normalized spacial score (nSPS) is 11.4. The molecule has 5 rings (SSSR count). The molecule has 0 aliphatic heterocycles. The smallest absolute Gasteiger partial charge is 0.356 e. The molecular weight excluding hydrogens is 567 g/mol. The summed E-state index contributed by atoms with van der Waals surface area (Å²) in [6, 6.07) is 20.3. The first-order chi connectivity index (χ1) is 14.5. The molecule has 6 heteroatoms. The molecule has 1 aliphatic rings. The van der Waals surface area contributed by atoms with Crippen LogP contribution in [0.2, 0.25) is 0 Å². The van der Waals surface area contributed by atoms with Crippen LogP contribution in [0.4, 0.5) is 0 Å². The predicted molar refractivity (Wildman–Crippen MR) is 118 cm³/mol. The minimum absolute atomic E-state index is 0. The summed E-state index contributed by atoms with van der Waals surface area (Å²) < 4.78 is 1.45. The second-order valence-electron chi connectivity index (χ2n) is 6.96. The molecule has 0 atom stereocenters. The summed E-state index contributed by atoms with van der Waals surface area (Å²) in [6.07, 6.45) is 9.01. The van der Waals surface area contributed by atoms with Gasteiger partial charge in [-0.3, -0.25) is 4.68 Å². The average Bonchev–Trinajstić information content (AvgIpc) is 3.20. The van der Waals surface area contributed by atoms with Crippen LogP contribution < -0.4 is 0 Å². The third kappa shape index (κ3) is 4.84. The zero-order valence-electron chi connectivity index (χ0n) is 17.0. The Bertz CT molecular complexity index is 1310. The van der Waals surface area contributed by atoms with Gasteiger partial charge in [-0.1, -0.05) is 30.3 Å². The Kier molecular flexibility index (Phi) is 6.88. The van der Waals surface area contributed by atoms with E-state index in [1.165, 1.54) is 32.8 Å². The van der Waals surface area contributed by atoms with Crippen LogP contribution in [0.25, 0.3) is 22.6 Å². The molecule has 1 radical (unpaired) electrons. The van der Waals surface area contributed by atoms with Gasteiger partial charge < -0.3 is 5.11 Å². The zero-order valence-corrected chi connectivity index (χ0v) is 19.4. The summed E-state index contributed by atoms with van der Waals surface area (Å²) in [5.41, 5.74) is 6.84. The van der Waals surface area contributed by atoms with Gasteiger partial charge in [0.2, 0.25) is 0 Å². The van der Waals surface area contributed by atoms with Crippen molar-refractivity contribution >= 4 is 28.5 Å². The van der Waals surface area contributed by atoms with E-state index in [9.17, 15) is 4.79 Å². The number of para-hydroxylation sites is 1. The average molecular weight is 587 g/mol. The quantitative estimate of drug-likeness (QED) is 0.339. The first kappa shape index (κ1) is 22.3. The number of aryl methyl sites for hydroxylation is 2. The molecule has 2 heterocycles. The number of aromatic carboxylic acids is 1. The Labute approximate surface area is 194 Å². The van der Waals surface area contributed by atoms with Crippen LogP contribution in [0.3, 0.4) is 0 Å². The first-order valence-corrected chi connectivity index (χ1v) is 9.52. The van der Waals surface area contributed by atoms with Crippen molar-refractivity contribution in [3.05, 3.63) is 107 Å². The van der Waals surface area contributed by atoms with Gasteiger partial charge in [-0.05, 0) is 36.8 Å². The number of hydrogen-bond acceptors (Lipinski definition) is 3. The van der Waals surface area contributed by atoms with Gasteiger partial charge in [0.15, 0.2) is 17.0 Å². The van der Waals surface area contributed by atoms with Crippen molar-refractivity contribution in [2.45, 2.75) is 6.92 Å². The van der Waals surface area contributed by atoms with E-state index in [0.29, 0.717) is 0 Å². The molecular formula is C25H20IrN3O2+. The number of aromatic nitrogens is 3. The SMILES string of the molecule is Cc1cc(C2=[C+]C=Cc3ccccc32)nc2ccccc12.Cn1ccc(C(=O)O)n1.[Ir]. The van der Waals surface area contributed by atoms with Crippen molar-refractivity contribution in [2.75, 3.05) is 0 Å². The first-order valence-electron chi connectivity index (χ1n) is 9.52. The zero-order chi connectivity index (χ0) is 21.1. The van der Waals surface area contributed by atoms with Crippen LogP contribution in [-0.4, -0.2) is 25.8 Å². The van der Waals surface area contributed by atoms with Gasteiger partial charge in [-0.2, -0.15) is 10.1 Å². The van der Waals surface area contributed by atoms with Crippen LogP contribution >= 0.6 is 0 Å². The van der Waals surface area contributed by atoms with E-state index in [-0.39, 0.29) is 25.8 Å². The number of nitrogens with zero attached hydrogens (tertiary/aromatic N) is 3. The minimum Gasteiger partial charge on any atom is -0.476 e. The fraction of sp³-hybridized carbons (Fsp3) is 0.0800. The molecule has 0 unspecified atom stereocenters. The van der Waals surface area contributed by atoms with Gasteiger partial charge >= 0.3 is 5.97 Å². The molecule has 31 heavy (non-hydrogen) atoms. The van der Waals surface area contributed by atoms with Gasteiger partial charge in [-0.15, -0.1) is 0 Å². The van der Waals surface area contributed by atoms with Crippen molar-refractivity contribution < 1.29 is 30.0 Å². The second-order valence-corrected chi connectivity index (χ2v) is 6.96. The summed E-state index contributed by atoms with van der Waals surface area (Å²) in [7, 11) is 1.67. The summed E-state index contributed by atoms with van der Waals surface area (Å²) in [4.78, 5) is 15.0. The number of hydrogen-bond donors (Lipinski definition) is 1. The van der Waals surface area contributed by atoms with E-state index in [0.717, 1.165) is 16.8 Å². The number of benzene rings is 2. The molecule has 2 aromatic heterocycles. The van der Waals surface area contributed by atoms with E-state index >= 15 is 0 Å². The van der Waals surface area contributed by atoms with Crippen LogP contribution in [0.5, 0.6) is 0 Å². The van der Waals surface area contributed by atoms with Crippen LogP contribution in [0.1, 0.15) is 32.9 Å². The van der Waals surface area contributed by atoms with Gasteiger partial charge in [0, 0.05) is 57.0 Å². The van der Waals surface area contributed by atoms with Gasteiger partial charge in [-0.25, -0.2) is 4.79 Å². The maximum absolute atomic E-state index is 10.1. The van der Waals surface area contributed by atoms with Crippen LogP contribution in [-0.2, 0) is 27.2 Å². The molecule has 1 aliphatic carbocycles. The molecule has 0 bridgehead atoms. The molecule has 155 valence electrons. The van der Waals surface area contributed by atoms with Crippen LogP contribution in [0.15, 0.2) is 72.9 Å². The number of carboxylic acid groups (broad SMARTS) is 1. The monoisotopic (exact) mass is 587 g/mol. The number of carboxylic acids is 1. The largest absolute Gasteiger partial charge is 0.476 e.